The van der Waals surface area contributed by atoms with Crippen molar-refractivity contribution in [2.75, 3.05) is 39.3 Å². The maximum Gasteiger partial charge on any atom is 0.317 e. The Morgan fingerprint density at radius 3 is 2.95 bits per heavy atom. The van der Waals surface area contributed by atoms with Crippen LogP contribution in [-0.4, -0.2) is 67.3 Å². The van der Waals surface area contributed by atoms with Gasteiger partial charge >= 0.3 is 6.03 Å². The Hall–Kier alpha value is -0.810. The molecule has 22 heavy (non-hydrogen) atoms. The molecule has 0 aliphatic carbocycles. The third kappa shape index (κ3) is 2.85. The van der Waals surface area contributed by atoms with Crippen LogP contribution in [0.25, 0.3) is 0 Å². The molecule has 4 fully saturated rings. The fourth-order valence-corrected chi connectivity index (χ4v) is 5.04. The molecule has 0 unspecified atom stereocenters. The maximum absolute atomic E-state index is 12.4. The molecule has 4 saturated heterocycles. The fraction of sp³-hybridized carbons (Fsp3) is 0.941. The van der Waals surface area contributed by atoms with E-state index in [2.05, 4.69) is 15.1 Å². The molecule has 4 aliphatic rings. The molecule has 0 saturated carbocycles. The number of fused-ring (bicyclic) bond motifs is 3. The first-order chi connectivity index (χ1) is 10.8. The van der Waals surface area contributed by atoms with Gasteiger partial charge in [-0.2, -0.15) is 0 Å². The van der Waals surface area contributed by atoms with Crippen LogP contribution < -0.4 is 5.32 Å². The van der Waals surface area contributed by atoms with Crippen molar-refractivity contribution in [1.82, 2.24) is 15.1 Å². The van der Waals surface area contributed by atoms with Gasteiger partial charge in [0.25, 0.3) is 0 Å². The second-order valence-electron chi connectivity index (χ2n) is 7.54. The summed E-state index contributed by atoms with van der Waals surface area (Å²) < 4.78 is 5.61. The lowest BCUT2D eigenvalue weighted by Crippen LogP contribution is -2.44. The van der Waals surface area contributed by atoms with Crippen molar-refractivity contribution in [3.8, 4) is 0 Å². The molecule has 4 rings (SSSR count). The molecular weight excluding hydrogens is 278 g/mol. The van der Waals surface area contributed by atoms with Gasteiger partial charge in [-0.05, 0) is 50.5 Å². The summed E-state index contributed by atoms with van der Waals surface area (Å²) in [5, 5.41) is 3.11. The summed E-state index contributed by atoms with van der Waals surface area (Å²) in [7, 11) is 0. The van der Waals surface area contributed by atoms with Crippen LogP contribution in [-0.2, 0) is 4.74 Å². The van der Waals surface area contributed by atoms with Crippen molar-refractivity contribution in [2.45, 2.75) is 50.7 Å². The van der Waals surface area contributed by atoms with Gasteiger partial charge in [-0.3, -0.25) is 4.90 Å². The number of piperidine rings is 1. The number of hydrogen-bond donors (Lipinski definition) is 1. The molecule has 0 aromatic carbocycles. The van der Waals surface area contributed by atoms with E-state index in [0.29, 0.717) is 12.0 Å². The number of likely N-dealkylation sites (tertiary alicyclic amines) is 1. The highest BCUT2D eigenvalue weighted by molar-refractivity contribution is 5.74. The smallest absolute Gasteiger partial charge is 0.317 e. The lowest BCUT2D eigenvalue weighted by Gasteiger charge is -2.33. The quantitative estimate of drug-likeness (QED) is 0.863. The van der Waals surface area contributed by atoms with Gasteiger partial charge in [0.05, 0.1) is 6.10 Å². The molecule has 124 valence electrons. The minimum atomic E-state index is 0.148. The summed E-state index contributed by atoms with van der Waals surface area (Å²) in [4.78, 5) is 17.1. The van der Waals surface area contributed by atoms with Gasteiger partial charge in [0, 0.05) is 38.8 Å². The summed E-state index contributed by atoms with van der Waals surface area (Å²) >= 11 is 0. The fourth-order valence-electron chi connectivity index (χ4n) is 5.04. The van der Waals surface area contributed by atoms with E-state index in [1.54, 1.807) is 0 Å². The van der Waals surface area contributed by atoms with Crippen LogP contribution in [0.2, 0.25) is 0 Å². The van der Waals surface area contributed by atoms with Crippen molar-refractivity contribution >= 4 is 6.03 Å². The predicted molar refractivity (Wildman–Crippen MR) is 84.8 cm³/mol. The Balaban J connectivity index is 1.23. The lowest BCUT2D eigenvalue weighted by molar-refractivity contribution is 0.104. The second kappa shape index (κ2) is 6.36. The molecule has 4 atom stereocenters. The predicted octanol–water partition coefficient (Wildman–Crippen LogP) is 1.68. The van der Waals surface area contributed by atoms with Gasteiger partial charge in [-0.1, -0.05) is 6.42 Å². The van der Waals surface area contributed by atoms with Crippen molar-refractivity contribution in [3.63, 3.8) is 0 Å². The molecule has 0 spiro atoms. The highest BCUT2D eigenvalue weighted by Gasteiger charge is 2.48. The highest BCUT2D eigenvalue weighted by Crippen LogP contribution is 2.40. The number of urea groups is 1. The minimum absolute atomic E-state index is 0.148. The van der Waals surface area contributed by atoms with E-state index in [9.17, 15) is 4.79 Å². The van der Waals surface area contributed by atoms with Crippen molar-refractivity contribution in [2.24, 2.45) is 11.8 Å². The monoisotopic (exact) mass is 307 g/mol. The normalized spacial score (nSPS) is 38.1. The van der Waals surface area contributed by atoms with E-state index < -0.39 is 0 Å². The number of hydrogen-bond acceptors (Lipinski definition) is 3. The third-order valence-electron chi connectivity index (χ3n) is 6.17. The van der Waals surface area contributed by atoms with Gasteiger partial charge in [-0.25, -0.2) is 4.79 Å². The van der Waals surface area contributed by atoms with E-state index in [-0.39, 0.29) is 6.03 Å². The van der Waals surface area contributed by atoms with Crippen molar-refractivity contribution in [1.29, 1.82) is 0 Å². The van der Waals surface area contributed by atoms with Gasteiger partial charge in [0.15, 0.2) is 0 Å². The largest absolute Gasteiger partial charge is 0.378 e. The molecule has 4 aliphatic heterocycles. The molecule has 1 N–H and O–H groups in total. The molecule has 0 bridgehead atoms. The Kier molecular flexibility index (Phi) is 4.27. The molecule has 0 aromatic rings. The SMILES string of the molecule is O=C(NCC[C@@H]1CCCO1)N1C[C@@H]2CN3CCCC[C@H]3[C@@H]2C1. The number of carbonyl (C=O) groups is 1. The van der Waals surface area contributed by atoms with Crippen LogP contribution in [0.1, 0.15) is 38.5 Å². The van der Waals surface area contributed by atoms with E-state index in [0.717, 1.165) is 51.0 Å². The summed E-state index contributed by atoms with van der Waals surface area (Å²) in [5.74, 6) is 1.44. The van der Waals surface area contributed by atoms with Crippen LogP contribution >= 0.6 is 0 Å². The van der Waals surface area contributed by atoms with Crippen molar-refractivity contribution < 1.29 is 9.53 Å². The van der Waals surface area contributed by atoms with Gasteiger partial charge in [0.1, 0.15) is 0 Å². The first kappa shape index (κ1) is 14.8. The van der Waals surface area contributed by atoms with E-state index in [1.165, 1.54) is 38.8 Å². The zero-order chi connectivity index (χ0) is 14.9. The van der Waals surface area contributed by atoms with E-state index in [1.807, 2.05) is 0 Å². The molecule has 4 heterocycles. The van der Waals surface area contributed by atoms with E-state index in [4.69, 9.17) is 4.74 Å². The number of carbonyl (C=O) groups excluding carboxylic acids is 1. The molecule has 0 radical (unpaired) electrons. The Labute approximate surface area is 133 Å². The molecule has 2 amide bonds. The van der Waals surface area contributed by atoms with Gasteiger partial charge < -0.3 is 15.0 Å². The summed E-state index contributed by atoms with van der Waals surface area (Å²) in [6.07, 6.45) is 7.74. The number of rotatable bonds is 3. The van der Waals surface area contributed by atoms with Crippen LogP contribution in [0.15, 0.2) is 0 Å². The van der Waals surface area contributed by atoms with Crippen molar-refractivity contribution in [3.05, 3.63) is 0 Å². The zero-order valence-electron chi connectivity index (χ0n) is 13.5. The molecule has 5 nitrogen and oxygen atoms in total. The van der Waals surface area contributed by atoms with Crippen LogP contribution in [0, 0.1) is 11.8 Å². The standard InChI is InChI=1S/C17H29N3O2/c21-17(18-7-6-14-4-3-9-22-14)20-11-13-10-19-8-2-1-5-16(19)15(13)12-20/h13-16H,1-12H2,(H,18,21)/t13-,14-,15+,16-/m0/s1. The zero-order valence-corrected chi connectivity index (χ0v) is 13.5. The first-order valence-corrected chi connectivity index (χ1v) is 9.19. The Morgan fingerprint density at radius 1 is 1.14 bits per heavy atom. The molecule has 0 aromatic heterocycles. The maximum atomic E-state index is 12.4. The second-order valence-corrected chi connectivity index (χ2v) is 7.54. The summed E-state index contributed by atoms with van der Waals surface area (Å²) in [6.45, 7) is 6.08. The Morgan fingerprint density at radius 2 is 2.09 bits per heavy atom. The first-order valence-electron chi connectivity index (χ1n) is 9.19. The van der Waals surface area contributed by atoms with Gasteiger partial charge in [-0.15, -0.1) is 0 Å². The van der Waals surface area contributed by atoms with Crippen LogP contribution in [0.4, 0.5) is 4.79 Å². The average Bonchev–Trinajstić information content (AvgIpc) is 3.22. The number of nitrogens with zero attached hydrogens (tertiary/aromatic N) is 2. The molecular formula is C17H29N3O2. The molecule has 5 heteroatoms. The number of amides is 2. The van der Waals surface area contributed by atoms with E-state index >= 15 is 0 Å². The topological polar surface area (TPSA) is 44.8 Å². The number of ether oxygens (including phenoxy) is 1. The third-order valence-corrected chi connectivity index (χ3v) is 6.17. The summed E-state index contributed by atoms with van der Waals surface area (Å²) in [6, 6.07) is 0.901. The van der Waals surface area contributed by atoms with Crippen LogP contribution in [0.3, 0.4) is 0 Å². The number of nitrogens with one attached hydrogen (secondary N) is 1. The minimum Gasteiger partial charge on any atom is -0.378 e. The lowest BCUT2D eigenvalue weighted by atomic mass is 9.90. The van der Waals surface area contributed by atoms with Gasteiger partial charge in [0.2, 0.25) is 0 Å². The summed E-state index contributed by atoms with van der Waals surface area (Å²) in [5.41, 5.74) is 0. The van der Waals surface area contributed by atoms with Crippen LogP contribution in [0.5, 0.6) is 0 Å². The highest BCUT2D eigenvalue weighted by atomic mass is 16.5. The Bertz CT molecular complexity index is 411. The average molecular weight is 307 g/mol.